The lowest BCUT2D eigenvalue weighted by Gasteiger charge is -2.17. The number of amides is 1. The van der Waals surface area contributed by atoms with Crippen molar-refractivity contribution < 1.29 is 4.79 Å². The quantitative estimate of drug-likeness (QED) is 0.911. The van der Waals surface area contributed by atoms with Crippen molar-refractivity contribution in [3.63, 3.8) is 0 Å². The maximum atomic E-state index is 12.1. The fourth-order valence-electron chi connectivity index (χ4n) is 2.37. The van der Waals surface area contributed by atoms with Crippen molar-refractivity contribution >= 4 is 11.7 Å². The van der Waals surface area contributed by atoms with E-state index in [1.807, 2.05) is 35.9 Å². The van der Waals surface area contributed by atoms with E-state index in [0.717, 1.165) is 24.5 Å². The highest BCUT2D eigenvalue weighted by atomic mass is 16.1. The van der Waals surface area contributed by atoms with Crippen LogP contribution in [0.15, 0.2) is 36.4 Å². The second-order valence-electron chi connectivity index (χ2n) is 6.78. The van der Waals surface area contributed by atoms with Crippen molar-refractivity contribution in [3.05, 3.63) is 47.7 Å². The monoisotopic (exact) mass is 299 g/mol. The zero-order valence-electron chi connectivity index (χ0n) is 13.9. The predicted molar refractivity (Wildman–Crippen MR) is 89.9 cm³/mol. The largest absolute Gasteiger partial charge is 0.311 e. The lowest BCUT2D eigenvalue weighted by Crippen LogP contribution is -2.21. The summed E-state index contributed by atoms with van der Waals surface area (Å²) in [5, 5.41) is 7.56. The Morgan fingerprint density at radius 3 is 2.50 bits per heavy atom. The standard InChI is InChI=1S/C18H25N3O/c1-5-21-16(19-17(22)13-18(2,3)4)12-15(20-21)11-14-9-7-6-8-10-14/h6-10,12H,5,11,13H2,1-4H3,(H,19,22). The van der Waals surface area contributed by atoms with Gasteiger partial charge in [0.1, 0.15) is 5.82 Å². The van der Waals surface area contributed by atoms with E-state index in [0.29, 0.717) is 6.42 Å². The number of hydrogen-bond donors (Lipinski definition) is 1. The van der Waals surface area contributed by atoms with Crippen LogP contribution in [0.1, 0.15) is 45.4 Å². The van der Waals surface area contributed by atoms with Gasteiger partial charge in [0, 0.05) is 25.5 Å². The Morgan fingerprint density at radius 1 is 1.23 bits per heavy atom. The molecule has 0 atom stereocenters. The average Bonchev–Trinajstić information content (AvgIpc) is 2.79. The molecule has 1 N–H and O–H groups in total. The van der Waals surface area contributed by atoms with Gasteiger partial charge < -0.3 is 5.32 Å². The summed E-state index contributed by atoms with van der Waals surface area (Å²) in [6.45, 7) is 8.94. The smallest absolute Gasteiger partial charge is 0.226 e. The minimum atomic E-state index is -0.0198. The molecule has 0 aliphatic carbocycles. The van der Waals surface area contributed by atoms with E-state index in [1.54, 1.807) is 0 Å². The first-order valence-corrected chi connectivity index (χ1v) is 7.78. The van der Waals surface area contributed by atoms with Gasteiger partial charge in [0.25, 0.3) is 0 Å². The number of rotatable bonds is 5. The van der Waals surface area contributed by atoms with Crippen molar-refractivity contribution in [2.24, 2.45) is 5.41 Å². The van der Waals surface area contributed by atoms with E-state index in [9.17, 15) is 4.79 Å². The summed E-state index contributed by atoms with van der Waals surface area (Å²) in [6.07, 6.45) is 1.27. The Balaban J connectivity index is 2.10. The molecule has 4 heteroatoms. The van der Waals surface area contributed by atoms with Gasteiger partial charge in [0.15, 0.2) is 0 Å². The molecule has 0 unspecified atom stereocenters. The summed E-state index contributed by atoms with van der Waals surface area (Å²) in [5.41, 5.74) is 2.17. The molecule has 0 spiro atoms. The van der Waals surface area contributed by atoms with Gasteiger partial charge in [0.2, 0.25) is 5.91 Å². The topological polar surface area (TPSA) is 46.9 Å². The van der Waals surface area contributed by atoms with Crippen LogP contribution in [0.4, 0.5) is 5.82 Å². The third-order valence-electron chi connectivity index (χ3n) is 3.32. The summed E-state index contributed by atoms with van der Waals surface area (Å²) in [5.74, 6) is 0.816. The second kappa shape index (κ2) is 6.77. The number of nitrogens with zero attached hydrogens (tertiary/aromatic N) is 2. The molecule has 0 aliphatic rings. The van der Waals surface area contributed by atoms with Crippen LogP contribution in [0.3, 0.4) is 0 Å². The van der Waals surface area contributed by atoms with Crippen LogP contribution < -0.4 is 5.32 Å². The molecule has 1 aromatic heterocycles. The fraction of sp³-hybridized carbons (Fsp3) is 0.444. The Morgan fingerprint density at radius 2 is 1.91 bits per heavy atom. The zero-order chi connectivity index (χ0) is 16.2. The lowest BCUT2D eigenvalue weighted by molar-refractivity contribution is -0.117. The normalized spacial score (nSPS) is 11.5. The van der Waals surface area contributed by atoms with Gasteiger partial charge in [-0.3, -0.25) is 4.79 Å². The molecule has 0 aliphatic heterocycles. The van der Waals surface area contributed by atoms with Crippen LogP contribution in [0.2, 0.25) is 0 Å². The molecule has 0 radical (unpaired) electrons. The number of carbonyl (C=O) groups is 1. The first-order chi connectivity index (χ1) is 10.4. The van der Waals surface area contributed by atoms with E-state index >= 15 is 0 Å². The zero-order valence-corrected chi connectivity index (χ0v) is 13.9. The van der Waals surface area contributed by atoms with E-state index in [1.165, 1.54) is 5.56 Å². The Kier molecular flexibility index (Phi) is 5.01. The van der Waals surface area contributed by atoms with Crippen molar-refractivity contribution in [3.8, 4) is 0 Å². The van der Waals surface area contributed by atoms with Gasteiger partial charge in [-0.25, -0.2) is 4.68 Å². The molecule has 4 nitrogen and oxygen atoms in total. The number of aromatic nitrogens is 2. The molecule has 0 saturated carbocycles. The van der Waals surface area contributed by atoms with Gasteiger partial charge >= 0.3 is 0 Å². The molecule has 1 aromatic carbocycles. The minimum Gasteiger partial charge on any atom is -0.311 e. The van der Waals surface area contributed by atoms with Crippen LogP contribution in [0.25, 0.3) is 0 Å². The van der Waals surface area contributed by atoms with Gasteiger partial charge in [-0.05, 0) is 17.9 Å². The molecule has 2 rings (SSSR count). The van der Waals surface area contributed by atoms with Crippen LogP contribution >= 0.6 is 0 Å². The number of nitrogens with one attached hydrogen (secondary N) is 1. The maximum Gasteiger partial charge on any atom is 0.226 e. The Hall–Kier alpha value is -2.10. The lowest BCUT2D eigenvalue weighted by atomic mass is 9.92. The van der Waals surface area contributed by atoms with E-state index < -0.39 is 0 Å². The average molecular weight is 299 g/mol. The third-order valence-corrected chi connectivity index (χ3v) is 3.32. The SMILES string of the molecule is CCn1nc(Cc2ccccc2)cc1NC(=O)CC(C)(C)C. The summed E-state index contributed by atoms with van der Waals surface area (Å²) >= 11 is 0. The minimum absolute atomic E-state index is 0.0198. The van der Waals surface area contributed by atoms with Crippen LogP contribution in [-0.4, -0.2) is 15.7 Å². The molecule has 0 bridgehead atoms. The summed E-state index contributed by atoms with van der Waals surface area (Å²) < 4.78 is 1.85. The third kappa shape index (κ3) is 4.72. The molecule has 22 heavy (non-hydrogen) atoms. The molecular weight excluding hydrogens is 274 g/mol. The summed E-state index contributed by atoms with van der Waals surface area (Å²) in [6, 6.07) is 12.2. The van der Waals surface area contributed by atoms with Gasteiger partial charge in [-0.2, -0.15) is 5.10 Å². The molecule has 0 saturated heterocycles. The predicted octanol–water partition coefficient (Wildman–Crippen LogP) is 3.87. The Labute approximate surface area is 132 Å². The number of anilines is 1. The molecule has 118 valence electrons. The van der Waals surface area contributed by atoms with Crippen molar-refractivity contribution in [2.75, 3.05) is 5.32 Å². The molecule has 2 aromatic rings. The second-order valence-corrected chi connectivity index (χ2v) is 6.78. The molecular formula is C18H25N3O. The molecule has 1 amide bonds. The maximum absolute atomic E-state index is 12.1. The van der Waals surface area contributed by atoms with Crippen molar-refractivity contribution in [1.82, 2.24) is 9.78 Å². The summed E-state index contributed by atoms with van der Waals surface area (Å²) in [7, 11) is 0. The van der Waals surface area contributed by atoms with E-state index in [2.05, 4.69) is 43.3 Å². The van der Waals surface area contributed by atoms with Crippen LogP contribution in [-0.2, 0) is 17.8 Å². The molecule has 0 fully saturated rings. The van der Waals surface area contributed by atoms with Crippen molar-refractivity contribution in [2.45, 2.75) is 47.1 Å². The van der Waals surface area contributed by atoms with Crippen LogP contribution in [0.5, 0.6) is 0 Å². The van der Waals surface area contributed by atoms with Crippen LogP contribution in [0, 0.1) is 5.41 Å². The number of carbonyl (C=O) groups excluding carboxylic acids is 1. The van der Waals surface area contributed by atoms with Crippen molar-refractivity contribution in [1.29, 1.82) is 0 Å². The van der Waals surface area contributed by atoms with Gasteiger partial charge in [-0.15, -0.1) is 0 Å². The van der Waals surface area contributed by atoms with E-state index in [4.69, 9.17) is 0 Å². The van der Waals surface area contributed by atoms with Gasteiger partial charge in [0.05, 0.1) is 5.69 Å². The first-order valence-electron chi connectivity index (χ1n) is 7.78. The van der Waals surface area contributed by atoms with Gasteiger partial charge in [-0.1, -0.05) is 51.1 Å². The highest BCUT2D eigenvalue weighted by Gasteiger charge is 2.17. The number of hydrogen-bond acceptors (Lipinski definition) is 2. The number of aryl methyl sites for hydroxylation is 1. The van der Waals surface area contributed by atoms with E-state index in [-0.39, 0.29) is 11.3 Å². The highest BCUT2D eigenvalue weighted by Crippen LogP contribution is 2.20. The fourth-order valence-corrected chi connectivity index (χ4v) is 2.37. The number of benzene rings is 1. The first kappa shape index (κ1) is 16.3. The summed E-state index contributed by atoms with van der Waals surface area (Å²) in [4.78, 5) is 12.1. The highest BCUT2D eigenvalue weighted by molar-refractivity contribution is 5.90. The Bertz CT molecular complexity index is 624. The molecule has 1 heterocycles.